The van der Waals surface area contributed by atoms with Crippen LogP contribution < -0.4 is 5.73 Å². The Kier molecular flexibility index (Phi) is 9.53. The summed E-state index contributed by atoms with van der Waals surface area (Å²) in [6, 6.07) is 11.1. The van der Waals surface area contributed by atoms with E-state index in [1.165, 1.54) is 7.11 Å². The second-order valence-electron chi connectivity index (χ2n) is 10.5. The Hall–Kier alpha value is -3.96. The number of carbonyl (C=O) groups is 1. The molecule has 7 nitrogen and oxygen atoms in total. The van der Waals surface area contributed by atoms with Crippen molar-refractivity contribution in [2.45, 2.75) is 75.4 Å². The minimum atomic E-state index is -4.74. The molecule has 1 aliphatic heterocycles. The number of carbonyl (C=O) groups excluding carboxylic acids is 1. The molecule has 4 rings (SSSR count). The highest BCUT2D eigenvalue weighted by Crippen LogP contribution is 2.44. The van der Waals surface area contributed by atoms with Crippen LogP contribution in [0.5, 0.6) is 0 Å². The molecule has 1 aromatic carbocycles. The number of aromatic nitrogens is 1. The molecular weight excluding hydrogens is 565 g/mol. The summed E-state index contributed by atoms with van der Waals surface area (Å²) in [6.07, 6.45) is -1.17. The maximum Gasteiger partial charge on any atom is 0.418 e. The average molecular weight is 597 g/mol. The summed E-state index contributed by atoms with van der Waals surface area (Å²) in [6.45, 7) is 4.07. The number of pyridine rings is 1. The first kappa shape index (κ1) is 31.0. The summed E-state index contributed by atoms with van der Waals surface area (Å²) in [5.74, 6) is -1.82. The van der Waals surface area contributed by atoms with Gasteiger partial charge >= 0.3 is 12.1 Å². The van der Waals surface area contributed by atoms with E-state index in [4.69, 9.17) is 15.2 Å². The summed E-state index contributed by atoms with van der Waals surface area (Å²) in [4.78, 5) is 17.7. The van der Waals surface area contributed by atoms with E-state index in [1.807, 2.05) is 32.0 Å². The number of hydrogen-bond donors (Lipinski definition) is 1. The van der Waals surface area contributed by atoms with Gasteiger partial charge in [-0.3, -0.25) is 0 Å². The van der Waals surface area contributed by atoms with Crippen LogP contribution in [-0.2, 0) is 33.3 Å². The lowest BCUT2D eigenvalue weighted by Gasteiger charge is -2.28. The summed E-state index contributed by atoms with van der Waals surface area (Å²) < 4.78 is 53.9. The number of ether oxygens (including phenoxy) is 2. The summed E-state index contributed by atoms with van der Waals surface area (Å²) in [7, 11) is 1.19. The number of thioether (sulfide) groups is 1. The number of nitriles is 2. The van der Waals surface area contributed by atoms with Crippen LogP contribution >= 0.6 is 11.8 Å². The highest BCUT2D eigenvalue weighted by Gasteiger charge is 2.41. The zero-order chi connectivity index (χ0) is 30.6. The van der Waals surface area contributed by atoms with E-state index in [-0.39, 0.29) is 51.5 Å². The van der Waals surface area contributed by atoms with Crippen LogP contribution in [0, 0.1) is 22.7 Å². The number of alkyl halides is 3. The van der Waals surface area contributed by atoms with Crippen LogP contribution in [0.3, 0.4) is 0 Å². The Labute approximate surface area is 247 Å². The number of methoxy groups -OCH3 is 1. The Morgan fingerprint density at radius 1 is 1.14 bits per heavy atom. The van der Waals surface area contributed by atoms with E-state index in [2.05, 4.69) is 4.98 Å². The number of hydrogen-bond acceptors (Lipinski definition) is 8. The van der Waals surface area contributed by atoms with Gasteiger partial charge in [0.05, 0.1) is 35.5 Å². The fourth-order valence-electron chi connectivity index (χ4n) is 5.39. The number of nitrogens with two attached hydrogens (primary N) is 1. The minimum absolute atomic E-state index is 0.00819. The smallest absolute Gasteiger partial charge is 0.418 e. The van der Waals surface area contributed by atoms with Gasteiger partial charge in [0.1, 0.15) is 28.5 Å². The molecule has 1 aromatic heterocycles. The van der Waals surface area contributed by atoms with Gasteiger partial charge in [-0.05, 0) is 48.3 Å². The zero-order valence-corrected chi connectivity index (χ0v) is 24.4. The van der Waals surface area contributed by atoms with E-state index >= 15 is 0 Å². The first-order valence-electron chi connectivity index (χ1n) is 13.7. The molecule has 0 bridgehead atoms. The molecule has 0 saturated heterocycles. The second kappa shape index (κ2) is 12.9. The van der Waals surface area contributed by atoms with Gasteiger partial charge in [-0.2, -0.15) is 23.7 Å². The average Bonchev–Trinajstić information content (AvgIpc) is 2.94. The summed E-state index contributed by atoms with van der Waals surface area (Å²) in [5.41, 5.74) is 6.74. The van der Waals surface area contributed by atoms with Gasteiger partial charge in [-0.15, -0.1) is 0 Å². The molecule has 42 heavy (non-hydrogen) atoms. The molecule has 0 radical (unpaired) electrons. The lowest BCUT2D eigenvalue weighted by Crippen LogP contribution is -2.26. The first-order valence-corrected chi connectivity index (χ1v) is 14.6. The Morgan fingerprint density at radius 2 is 1.81 bits per heavy atom. The molecule has 0 saturated carbocycles. The predicted octanol–water partition coefficient (Wildman–Crippen LogP) is 6.78. The van der Waals surface area contributed by atoms with E-state index in [0.717, 1.165) is 30.2 Å². The van der Waals surface area contributed by atoms with Crippen molar-refractivity contribution in [1.82, 2.24) is 4.98 Å². The van der Waals surface area contributed by atoms with Gasteiger partial charge in [0.2, 0.25) is 5.88 Å². The van der Waals surface area contributed by atoms with Gasteiger partial charge in [0.25, 0.3) is 0 Å². The highest BCUT2D eigenvalue weighted by atomic mass is 32.2. The standard InChI is InChI=1S/C31H31F3N4O3S/c1-17(2)18-10-12-19(13-11-18)25-21(14-35)28(37)41-24(26(25)30(39)40-3)16-42-29-22(15-36)27(31(32,33)34)20-8-6-4-5-7-9-23(20)38-29/h10-13,17,25H,4-9,16,37H2,1-3H3. The largest absolute Gasteiger partial charge is 0.466 e. The van der Waals surface area contributed by atoms with E-state index in [1.54, 1.807) is 18.2 Å². The van der Waals surface area contributed by atoms with Crippen molar-refractivity contribution in [1.29, 1.82) is 10.5 Å². The fourth-order valence-corrected chi connectivity index (χ4v) is 6.34. The lowest BCUT2D eigenvalue weighted by atomic mass is 9.82. The van der Waals surface area contributed by atoms with Gasteiger partial charge < -0.3 is 15.2 Å². The molecular formula is C31H31F3N4O3S. The molecule has 0 fully saturated rings. The first-order chi connectivity index (χ1) is 20.0. The van der Waals surface area contributed by atoms with Crippen LogP contribution in [0.2, 0.25) is 0 Å². The fraction of sp³-hybridized carbons (Fsp3) is 0.419. The number of esters is 1. The van der Waals surface area contributed by atoms with Crippen molar-refractivity contribution < 1.29 is 27.4 Å². The maximum absolute atomic E-state index is 14.4. The summed E-state index contributed by atoms with van der Waals surface area (Å²) >= 11 is 0.854. The van der Waals surface area contributed by atoms with Crippen LogP contribution in [0.1, 0.15) is 84.9 Å². The summed E-state index contributed by atoms with van der Waals surface area (Å²) in [5, 5.41) is 19.7. The number of nitrogens with zero attached hydrogens (tertiary/aromatic N) is 3. The molecule has 1 unspecified atom stereocenters. The van der Waals surface area contributed by atoms with Crippen molar-refractivity contribution >= 4 is 17.7 Å². The minimum Gasteiger partial charge on any atom is -0.466 e. The van der Waals surface area contributed by atoms with Gasteiger partial charge in [-0.25, -0.2) is 9.78 Å². The molecule has 1 aliphatic carbocycles. The third-order valence-corrected chi connectivity index (χ3v) is 8.49. The van der Waals surface area contributed by atoms with Crippen LogP contribution in [-0.4, -0.2) is 23.8 Å². The van der Waals surface area contributed by atoms with Crippen molar-refractivity contribution in [2.75, 3.05) is 12.9 Å². The van der Waals surface area contributed by atoms with Gasteiger partial charge in [0, 0.05) is 5.69 Å². The van der Waals surface area contributed by atoms with E-state index in [9.17, 15) is 28.5 Å². The number of rotatable bonds is 6. The predicted molar refractivity (Wildman–Crippen MR) is 151 cm³/mol. The van der Waals surface area contributed by atoms with Crippen molar-refractivity contribution in [2.24, 2.45) is 5.73 Å². The van der Waals surface area contributed by atoms with Crippen molar-refractivity contribution in [3.8, 4) is 12.1 Å². The Morgan fingerprint density at radius 3 is 2.38 bits per heavy atom. The number of halogens is 3. The monoisotopic (exact) mass is 596 g/mol. The molecule has 2 aromatic rings. The topological polar surface area (TPSA) is 122 Å². The molecule has 11 heteroatoms. The second-order valence-corrected chi connectivity index (χ2v) is 11.4. The lowest BCUT2D eigenvalue weighted by molar-refractivity contribution is -0.139. The normalized spacial score (nSPS) is 17.5. The van der Waals surface area contributed by atoms with Crippen molar-refractivity contribution in [3.05, 3.63) is 80.6 Å². The van der Waals surface area contributed by atoms with Crippen LogP contribution in [0.4, 0.5) is 13.2 Å². The molecule has 2 aliphatic rings. The molecule has 220 valence electrons. The molecule has 2 heterocycles. The van der Waals surface area contributed by atoms with E-state index in [0.29, 0.717) is 30.5 Å². The molecule has 1 atom stereocenters. The Balaban J connectivity index is 1.82. The van der Waals surface area contributed by atoms with Crippen molar-refractivity contribution in [3.63, 3.8) is 0 Å². The highest BCUT2D eigenvalue weighted by molar-refractivity contribution is 7.99. The van der Waals surface area contributed by atoms with Gasteiger partial charge in [-0.1, -0.05) is 62.7 Å². The molecule has 2 N–H and O–H groups in total. The Bertz CT molecular complexity index is 1520. The van der Waals surface area contributed by atoms with Crippen LogP contribution in [0.25, 0.3) is 0 Å². The third kappa shape index (κ3) is 6.27. The quantitative estimate of drug-likeness (QED) is 0.286. The number of benzene rings is 1. The third-order valence-electron chi connectivity index (χ3n) is 7.51. The molecule has 0 amide bonds. The van der Waals surface area contributed by atoms with Gasteiger partial charge in [0.15, 0.2) is 0 Å². The number of aryl methyl sites for hydroxylation is 1. The van der Waals surface area contributed by atoms with Crippen LogP contribution in [0.15, 0.2) is 52.1 Å². The zero-order valence-electron chi connectivity index (χ0n) is 23.6. The number of fused-ring (bicyclic) bond motifs is 1. The number of allylic oxidation sites excluding steroid dienone is 1. The van der Waals surface area contributed by atoms with E-state index < -0.39 is 29.2 Å². The molecule has 0 spiro atoms. The maximum atomic E-state index is 14.4. The SMILES string of the molecule is COC(=O)C1=C(CSc2nc3c(c(C(F)(F)F)c2C#N)CCCCCC3)OC(N)=C(C#N)C1c1ccc(C(C)C)cc1.